The second kappa shape index (κ2) is 5.64. The van der Waals surface area contributed by atoms with Gasteiger partial charge >= 0.3 is 0 Å². The van der Waals surface area contributed by atoms with Gasteiger partial charge in [-0.2, -0.15) is 8.42 Å². The SMILES string of the molecule is Cc1ccc(S(=O)(=O)OCCC2(C)C3CCC(C3)C2C)cc1. The van der Waals surface area contributed by atoms with E-state index in [-0.39, 0.29) is 10.3 Å². The van der Waals surface area contributed by atoms with Crippen molar-refractivity contribution < 1.29 is 12.6 Å². The molecule has 1 aromatic carbocycles. The van der Waals surface area contributed by atoms with Gasteiger partial charge in [-0.25, -0.2) is 0 Å². The summed E-state index contributed by atoms with van der Waals surface area (Å²) in [5, 5.41) is 0. The highest BCUT2D eigenvalue weighted by Crippen LogP contribution is 2.60. The third kappa shape index (κ3) is 2.71. The highest BCUT2D eigenvalue weighted by molar-refractivity contribution is 7.86. The van der Waals surface area contributed by atoms with E-state index in [4.69, 9.17) is 4.18 Å². The highest BCUT2D eigenvalue weighted by atomic mass is 32.2. The van der Waals surface area contributed by atoms with Gasteiger partial charge in [0.25, 0.3) is 10.1 Å². The quantitative estimate of drug-likeness (QED) is 0.764. The summed E-state index contributed by atoms with van der Waals surface area (Å²) in [4.78, 5) is 0.254. The first kappa shape index (κ1) is 16.0. The van der Waals surface area contributed by atoms with Gasteiger partial charge in [-0.3, -0.25) is 4.18 Å². The zero-order chi connectivity index (χ0) is 16.0. The molecular formula is C18H26O3S. The predicted octanol–water partition coefficient (Wildman–Crippen LogP) is 4.16. The van der Waals surface area contributed by atoms with Crippen LogP contribution in [-0.2, 0) is 14.3 Å². The van der Waals surface area contributed by atoms with Gasteiger partial charge in [0.05, 0.1) is 11.5 Å². The van der Waals surface area contributed by atoms with Crippen LogP contribution in [0.15, 0.2) is 29.2 Å². The molecule has 0 radical (unpaired) electrons. The van der Waals surface area contributed by atoms with Crippen molar-refractivity contribution in [1.82, 2.24) is 0 Å². The summed E-state index contributed by atoms with van der Waals surface area (Å²) in [6, 6.07) is 6.84. The summed E-state index contributed by atoms with van der Waals surface area (Å²) in [7, 11) is -3.63. The molecule has 3 rings (SSSR count). The fourth-order valence-electron chi connectivity index (χ4n) is 4.56. The van der Waals surface area contributed by atoms with Crippen molar-refractivity contribution in [2.75, 3.05) is 6.61 Å². The molecular weight excluding hydrogens is 296 g/mol. The van der Waals surface area contributed by atoms with E-state index in [1.807, 2.05) is 6.92 Å². The Kier molecular flexibility index (Phi) is 4.11. The standard InChI is InChI=1S/C18H26O3S/c1-13-4-8-17(9-5-13)22(19,20)21-11-10-18(3)14(2)15-6-7-16(18)12-15/h4-5,8-9,14-16H,6-7,10-12H2,1-3H3. The minimum atomic E-state index is -3.63. The van der Waals surface area contributed by atoms with Crippen LogP contribution in [0.2, 0.25) is 0 Å². The maximum atomic E-state index is 12.2. The molecule has 3 nitrogen and oxygen atoms in total. The lowest BCUT2D eigenvalue weighted by Crippen LogP contribution is -2.33. The van der Waals surface area contributed by atoms with Gasteiger partial charge in [-0.15, -0.1) is 0 Å². The van der Waals surface area contributed by atoms with Gasteiger partial charge < -0.3 is 0 Å². The van der Waals surface area contributed by atoms with E-state index in [2.05, 4.69) is 13.8 Å². The van der Waals surface area contributed by atoms with E-state index in [1.165, 1.54) is 19.3 Å². The van der Waals surface area contributed by atoms with Crippen LogP contribution in [0.25, 0.3) is 0 Å². The van der Waals surface area contributed by atoms with Crippen LogP contribution in [0, 0.1) is 30.1 Å². The first-order valence-electron chi connectivity index (χ1n) is 8.29. The summed E-state index contributed by atoms with van der Waals surface area (Å²) in [6.45, 7) is 6.89. The summed E-state index contributed by atoms with van der Waals surface area (Å²) >= 11 is 0. The molecule has 1 aromatic rings. The van der Waals surface area contributed by atoms with Crippen molar-refractivity contribution in [2.24, 2.45) is 23.2 Å². The van der Waals surface area contributed by atoms with Crippen LogP contribution >= 0.6 is 0 Å². The molecule has 4 heteroatoms. The van der Waals surface area contributed by atoms with Gasteiger partial charge in [0.2, 0.25) is 0 Å². The number of benzene rings is 1. The Hall–Kier alpha value is -0.870. The number of hydrogen-bond acceptors (Lipinski definition) is 3. The van der Waals surface area contributed by atoms with E-state index < -0.39 is 10.1 Å². The van der Waals surface area contributed by atoms with Crippen molar-refractivity contribution in [3.63, 3.8) is 0 Å². The van der Waals surface area contributed by atoms with Gasteiger partial charge in [0.1, 0.15) is 0 Å². The molecule has 0 heterocycles. The van der Waals surface area contributed by atoms with Crippen LogP contribution in [0.4, 0.5) is 0 Å². The van der Waals surface area contributed by atoms with E-state index in [9.17, 15) is 8.42 Å². The Labute approximate surface area is 134 Å². The third-order valence-corrected chi connectivity index (χ3v) is 7.67. The minimum Gasteiger partial charge on any atom is -0.266 e. The van der Waals surface area contributed by atoms with E-state index >= 15 is 0 Å². The second-order valence-electron chi connectivity index (χ2n) is 7.40. The largest absolute Gasteiger partial charge is 0.296 e. The summed E-state index contributed by atoms with van der Waals surface area (Å²) in [5.74, 6) is 2.26. The normalized spacial score (nSPS) is 34.2. The number of hydrogen-bond donors (Lipinski definition) is 0. The van der Waals surface area contributed by atoms with E-state index in [0.29, 0.717) is 12.5 Å². The van der Waals surface area contributed by atoms with E-state index in [1.54, 1.807) is 24.3 Å². The van der Waals surface area contributed by atoms with Gasteiger partial charge in [-0.1, -0.05) is 31.5 Å². The molecule has 2 saturated carbocycles. The first-order chi connectivity index (χ1) is 10.3. The highest BCUT2D eigenvalue weighted by Gasteiger charge is 2.52. The van der Waals surface area contributed by atoms with Gasteiger partial charge in [0, 0.05) is 0 Å². The Morgan fingerprint density at radius 1 is 1.23 bits per heavy atom. The van der Waals surface area contributed by atoms with Crippen molar-refractivity contribution in [1.29, 1.82) is 0 Å². The third-order valence-electron chi connectivity index (χ3n) is 6.34. The average molecular weight is 322 g/mol. The summed E-state index contributed by atoms with van der Waals surface area (Å²) in [5.41, 5.74) is 1.29. The molecule has 22 heavy (non-hydrogen) atoms. The van der Waals surface area contributed by atoms with Crippen molar-refractivity contribution in [2.45, 2.75) is 51.3 Å². The molecule has 2 aliphatic rings. The minimum absolute atomic E-state index is 0.242. The van der Waals surface area contributed by atoms with Crippen LogP contribution in [0.1, 0.15) is 45.1 Å². The molecule has 0 spiro atoms. The summed E-state index contributed by atoms with van der Waals surface area (Å²) < 4.78 is 29.8. The Morgan fingerprint density at radius 3 is 2.50 bits per heavy atom. The Morgan fingerprint density at radius 2 is 1.91 bits per heavy atom. The molecule has 122 valence electrons. The number of aryl methyl sites for hydroxylation is 1. The van der Waals surface area contributed by atoms with Gasteiger partial charge in [-0.05, 0) is 67.9 Å². The molecule has 0 N–H and O–H groups in total. The smallest absolute Gasteiger partial charge is 0.266 e. The van der Waals surface area contributed by atoms with Crippen LogP contribution in [0.3, 0.4) is 0 Å². The molecule has 0 amide bonds. The molecule has 2 aliphatic carbocycles. The topological polar surface area (TPSA) is 43.4 Å². The van der Waals surface area contributed by atoms with Crippen LogP contribution in [0.5, 0.6) is 0 Å². The maximum Gasteiger partial charge on any atom is 0.296 e. The van der Waals surface area contributed by atoms with Crippen molar-refractivity contribution in [3.05, 3.63) is 29.8 Å². The molecule has 4 atom stereocenters. The average Bonchev–Trinajstić information content (AvgIpc) is 3.03. The molecule has 0 aromatic heterocycles. The van der Waals surface area contributed by atoms with Crippen LogP contribution in [-0.4, -0.2) is 15.0 Å². The lowest BCUT2D eigenvalue weighted by atomic mass is 9.66. The van der Waals surface area contributed by atoms with Crippen molar-refractivity contribution >= 4 is 10.1 Å². The zero-order valence-corrected chi connectivity index (χ0v) is 14.5. The fourth-order valence-corrected chi connectivity index (χ4v) is 5.46. The van der Waals surface area contributed by atoms with Crippen molar-refractivity contribution in [3.8, 4) is 0 Å². The fraction of sp³-hybridized carbons (Fsp3) is 0.667. The van der Waals surface area contributed by atoms with Gasteiger partial charge in [0.15, 0.2) is 0 Å². The lowest BCUT2D eigenvalue weighted by molar-refractivity contribution is 0.0819. The second-order valence-corrected chi connectivity index (χ2v) is 9.02. The first-order valence-corrected chi connectivity index (χ1v) is 9.70. The zero-order valence-electron chi connectivity index (χ0n) is 13.7. The van der Waals surface area contributed by atoms with Crippen LogP contribution < -0.4 is 0 Å². The maximum absolute atomic E-state index is 12.2. The Bertz CT molecular complexity index is 631. The lowest BCUT2D eigenvalue weighted by Gasteiger charge is -2.39. The monoisotopic (exact) mass is 322 g/mol. The Balaban J connectivity index is 1.62. The number of rotatable bonds is 5. The number of fused-ring (bicyclic) bond motifs is 2. The van der Waals surface area contributed by atoms with E-state index in [0.717, 1.165) is 23.8 Å². The molecule has 0 aliphatic heterocycles. The molecule has 2 bridgehead atoms. The predicted molar refractivity (Wildman–Crippen MR) is 87.0 cm³/mol. The summed E-state index contributed by atoms with van der Waals surface area (Å²) in [6.07, 6.45) is 4.81. The molecule has 2 fully saturated rings. The molecule has 0 saturated heterocycles. The molecule has 4 unspecified atom stereocenters.